The number of aromatic nitrogens is 3. The number of amidine groups is 1. The average Bonchev–Trinajstić information content (AvgIpc) is 3.35. The van der Waals surface area contributed by atoms with Crippen molar-refractivity contribution in [2.24, 2.45) is 12.0 Å². The van der Waals surface area contributed by atoms with E-state index in [9.17, 15) is 14.4 Å². The van der Waals surface area contributed by atoms with E-state index in [4.69, 9.17) is 4.74 Å². The molecule has 2 aliphatic rings. The molecule has 2 heterocycles. The topological polar surface area (TPSA) is 107 Å². The number of carbonyl (C=O) groups is 3. The van der Waals surface area contributed by atoms with E-state index in [2.05, 4.69) is 15.4 Å². The molecule has 32 heavy (non-hydrogen) atoms. The molecule has 3 aromatic rings. The van der Waals surface area contributed by atoms with Crippen LogP contribution in [0.1, 0.15) is 50.2 Å². The Labute approximate surface area is 183 Å². The Morgan fingerprint density at radius 3 is 2.44 bits per heavy atom. The summed E-state index contributed by atoms with van der Waals surface area (Å²) in [6.45, 7) is 0.898. The number of aliphatic imine (C=N–C) groups is 1. The first-order valence-corrected chi connectivity index (χ1v) is 10.3. The molecule has 0 saturated heterocycles. The highest BCUT2D eigenvalue weighted by Gasteiger charge is 2.39. The van der Waals surface area contributed by atoms with Gasteiger partial charge in [-0.1, -0.05) is 54.6 Å². The van der Waals surface area contributed by atoms with E-state index >= 15 is 0 Å². The van der Waals surface area contributed by atoms with Crippen LogP contribution in [0.25, 0.3) is 0 Å². The molecule has 0 spiro atoms. The van der Waals surface area contributed by atoms with Crippen molar-refractivity contribution in [3.8, 4) is 0 Å². The zero-order valence-electron chi connectivity index (χ0n) is 17.3. The molecule has 0 saturated carbocycles. The summed E-state index contributed by atoms with van der Waals surface area (Å²) in [4.78, 5) is 43.4. The Kier molecular flexibility index (Phi) is 4.85. The average molecular weight is 430 g/mol. The molecule has 160 valence electrons. The number of carbonyl (C=O) groups excluding carboxylic acids is 3. The summed E-state index contributed by atoms with van der Waals surface area (Å²) in [7, 11) is 1.70. The third kappa shape index (κ3) is 3.27. The van der Waals surface area contributed by atoms with Crippen molar-refractivity contribution in [3.05, 3.63) is 82.7 Å². The van der Waals surface area contributed by atoms with Gasteiger partial charge < -0.3 is 10.1 Å². The number of amides is 1. The van der Waals surface area contributed by atoms with Crippen LogP contribution in [0.3, 0.4) is 0 Å². The van der Waals surface area contributed by atoms with E-state index in [1.165, 1.54) is 4.80 Å². The van der Waals surface area contributed by atoms with Gasteiger partial charge in [0.05, 0.1) is 6.54 Å². The molecule has 9 nitrogen and oxygen atoms in total. The number of aryl methyl sites for hydroxylation is 1. The van der Waals surface area contributed by atoms with Crippen LogP contribution in [0.2, 0.25) is 0 Å². The molecule has 1 unspecified atom stereocenters. The van der Waals surface area contributed by atoms with Gasteiger partial charge >= 0.3 is 0 Å². The number of ether oxygens (including phenoxy) is 1. The van der Waals surface area contributed by atoms with E-state index in [0.29, 0.717) is 36.3 Å². The minimum Gasteiger partial charge on any atom is -0.446 e. The zero-order chi connectivity index (χ0) is 22.2. The van der Waals surface area contributed by atoms with Gasteiger partial charge in [-0.05, 0) is 11.2 Å². The van der Waals surface area contributed by atoms with Crippen molar-refractivity contribution in [1.29, 1.82) is 0 Å². The van der Waals surface area contributed by atoms with Gasteiger partial charge in [0.25, 0.3) is 11.9 Å². The van der Waals surface area contributed by atoms with Crippen LogP contribution in [0.4, 0.5) is 0 Å². The van der Waals surface area contributed by atoms with Gasteiger partial charge in [0.1, 0.15) is 0 Å². The van der Waals surface area contributed by atoms with Gasteiger partial charge in [-0.15, -0.1) is 4.68 Å². The number of ketones is 2. The third-order valence-corrected chi connectivity index (χ3v) is 5.51. The summed E-state index contributed by atoms with van der Waals surface area (Å²) in [6.07, 6.45) is -0.146. The lowest BCUT2D eigenvalue weighted by atomic mass is 9.90. The van der Waals surface area contributed by atoms with Crippen molar-refractivity contribution in [2.75, 3.05) is 6.54 Å². The van der Waals surface area contributed by atoms with Crippen molar-refractivity contribution >= 4 is 23.5 Å². The lowest BCUT2D eigenvalue weighted by Gasteiger charge is -2.13. The third-order valence-electron chi connectivity index (χ3n) is 5.51. The van der Waals surface area contributed by atoms with Crippen molar-refractivity contribution < 1.29 is 23.9 Å². The number of rotatable bonds is 5. The zero-order valence-corrected chi connectivity index (χ0v) is 17.3. The van der Waals surface area contributed by atoms with Crippen LogP contribution in [0.15, 0.2) is 59.6 Å². The van der Waals surface area contributed by atoms with Crippen molar-refractivity contribution in [1.82, 2.24) is 15.1 Å². The Hall–Kier alpha value is -4.14. The van der Waals surface area contributed by atoms with Gasteiger partial charge in [-0.2, -0.15) is 4.99 Å². The highest BCUT2D eigenvalue weighted by molar-refractivity contribution is 6.26. The number of hydrogen-bond acceptors (Lipinski definition) is 6. The van der Waals surface area contributed by atoms with E-state index in [1.54, 1.807) is 36.0 Å². The quantitative estimate of drug-likeness (QED) is 0.376. The molecule has 1 amide bonds. The predicted octanol–water partition coefficient (Wildman–Crippen LogP) is 1.12. The summed E-state index contributed by atoms with van der Waals surface area (Å²) in [5.41, 5.74) is 1.99. The maximum atomic E-state index is 13.0. The standard InChI is InChI=1S/C23H19N5O4/c1-27-26-17-18(20(30)16-11-6-5-10-15(16)19(17)29)28(27)13-7-12-24-23-25-22(31)21(32-23)14-8-3-2-4-9-14/h2-6,8-11,21H,7,12-13H2,1H3/p+1. The van der Waals surface area contributed by atoms with E-state index in [1.807, 2.05) is 30.3 Å². The summed E-state index contributed by atoms with van der Waals surface area (Å²) < 4.78 is 7.34. The highest BCUT2D eigenvalue weighted by Crippen LogP contribution is 2.25. The molecule has 0 bridgehead atoms. The SMILES string of the molecule is C[n+]1nc2c(n1CCCNC1=NC(=O)C(c3ccccc3)O1)C(=O)c1ccccc1C2=O. The van der Waals surface area contributed by atoms with Crippen molar-refractivity contribution in [2.45, 2.75) is 19.1 Å². The van der Waals surface area contributed by atoms with Crippen LogP contribution < -0.4 is 10.1 Å². The number of nitrogens with zero attached hydrogens (tertiary/aromatic N) is 4. The first-order valence-electron chi connectivity index (χ1n) is 10.3. The molecule has 2 aromatic carbocycles. The molecule has 0 fully saturated rings. The first kappa shape index (κ1) is 19.8. The Balaban J connectivity index is 1.24. The molecule has 5 rings (SSSR count). The molecule has 0 radical (unpaired) electrons. The number of hydrogen-bond donors (Lipinski definition) is 1. The molecule has 9 heteroatoms. The Morgan fingerprint density at radius 1 is 1.00 bits per heavy atom. The molecular weight excluding hydrogens is 410 g/mol. The predicted molar refractivity (Wildman–Crippen MR) is 112 cm³/mol. The number of nitrogens with one attached hydrogen (secondary N) is 1. The highest BCUT2D eigenvalue weighted by atomic mass is 16.5. The molecule has 1 aliphatic heterocycles. The van der Waals surface area contributed by atoms with E-state index in [-0.39, 0.29) is 29.2 Å². The fourth-order valence-electron chi connectivity index (χ4n) is 3.97. The van der Waals surface area contributed by atoms with E-state index < -0.39 is 6.10 Å². The maximum absolute atomic E-state index is 13.0. The second-order valence-electron chi connectivity index (χ2n) is 7.56. The summed E-state index contributed by atoms with van der Waals surface area (Å²) in [6, 6.07) is 16.2. The minimum atomic E-state index is -0.735. The summed E-state index contributed by atoms with van der Waals surface area (Å²) in [5.74, 6) is -0.811. The van der Waals surface area contributed by atoms with Crippen LogP contribution in [-0.4, -0.2) is 39.8 Å². The van der Waals surface area contributed by atoms with Crippen LogP contribution in [-0.2, 0) is 23.1 Å². The molecule has 1 N–H and O–H groups in total. The summed E-state index contributed by atoms with van der Waals surface area (Å²) >= 11 is 0. The van der Waals surface area contributed by atoms with Gasteiger partial charge in [-0.3, -0.25) is 14.4 Å². The van der Waals surface area contributed by atoms with Gasteiger partial charge in [0.15, 0.2) is 12.7 Å². The number of fused-ring (bicyclic) bond motifs is 2. The lowest BCUT2D eigenvalue weighted by molar-refractivity contribution is -0.805. The Bertz CT molecular complexity index is 1280. The Morgan fingerprint density at radius 2 is 1.69 bits per heavy atom. The van der Waals surface area contributed by atoms with E-state index in [0.717, 1.165) is 5.56 Å². The molecular formula is C23H20N5O4+. The summed E-state index contributed by atoms with van der Waals surface area (Å²) in [5, 5.41) is 7.31. The second-order valence-corrected chi connectivity index (χ2v) is 7.56. The maximum Gasteiger partial charge on any atom is 0.296 e. The smallest absolute Gasteiger partial charge is 0.296 e. The lowest BCUT2D eigenvalue weighted by Crippen LogP contribution is -2.43. The molecule has 1 aromatic heterocycles. The fraction of sp³-hybridized carbons (Fsp3) is 0.217. The van der Waals surface area contributed by atoms with Gasteiger partial charge in [0.2, 0.25) is 23.4 Å². The first-order chi connectivity index (χ1) is 15.5. The monoisotopic (exact) mass is 430 g/mol. The molecule has 1 aliphatic carbocycles. The van der Waals surface area contributed by atoms with Gasteiger partial charge in [0, 0.05) is 28.3 Å². The number of benzene rings is 2. The second kappa shape index (κ2) is 7.84. The fourth-order valence-corrected chi connectivity index (χ4v) is 3.97. The minimum absolute atomic E-state index is 0.170. The normalized spacial score (nSPS) is 17.0. The van der Waals surface area contributed by atoms with Crippen LogP contribution in [0.5, 0.6) is 0 Å². The molecule has 1 atom stereocenters. The van der Waals surface area contributed by atoms with Crippen molar-refractivity contribution in [3.63, 3.8) is 0 Å². The largest absolute Gasteiger partial charge is 0.446 e. The van der Waals surface area contributed by atoms with Gasteiger partial charge in [-0.25, -0.2) is 0 Å². The van der Waals surface area contributed by atoms with Crippen LogP contribution in [0, 0.1) is 0 Å². The van der Waals surface area contributed by atoms with Crippen LogP contribution >= 0.6 is 0 Å².